The molecule has 0 aliphatic heterocycles. The smallest absolute Gasteiger partial charge is 0.0635 e. The molecule has 1 rings (SSSR count). The van der Waals surface area contributed by atoms with E-state index >= 15 is 0 Å². The largest absolute Gasteiger partial charge is 0.394 e. The second-order valence-electron chi connectivity index (χ2n) is 3.13. The summed E-state index contributed by atoms with van der Waals surface area (Å²) in [6, 6.07) is 2.07. The van der Waals surface area contributed by atoms with E-state index in [0.29, 0.717) is 13.0 Å². The minimum atomic E-state index is -0.0309. The summed E-state index contributed by atoms with van der Waals surface area (Å²) in [5.74, 6) is 0. The molecule has 3 nitrogen and oxygen atoms in total. The number of nitriles is 1. The van der Waals surface area contributed by atoms with Crippen molar-refractivity contribution in [2.45, 2.75) is 31.2 Å². The Bertz CT molecular complexity index is 152. The molecule has 0 amide bonds. The Labute approximate surface area is 67.0 Å². The molecule has 0 atom stereocenters. The third kappa shape index (κ3) is 1.92. The van der Waals surface area contributed by atoms with Crippen LogP contribution in [0.3, 0.4) is 0 Å². The van der Waals surface area contributed by atoms with Gasteiger partial charge in [-0.3, -0.25) is 0 Å². The van der Waals surface area contributed by atoms with Gasteiger partial charge in [-0.1, -0.05) is 0 Å². The van der Waals surface area contributed by atoms with E-state index in [1.165, 1.54) is 6.42 Å². The fourth-order valence-electron chi connectivity index (χ4n) is 1.38. The molecule has 1 aliphatic rings. The van der Waals surface area contributed by atoms with Gasteiger partial charge in [-0.15, -0.1) is 0 Å². The van der Waals surface area contributed by atoms with Crippen LogP contribution >= 0.6 is 0 Å². The monoisotopic (exact) mass is 154 g/mol. The molecule has 0 bridgehead atoms. The molecule has 0 spiro atoms. The molecule has 11 heavy (non-hydrogen) atoms. The van der Waals surface area contributed by atoms with E-state index in [9.17, 15) is 0 Å². The summed E-state index contributed by atoms with van der Waals surface area (Å²) in [6.45, 7) is 0.912. The predicted octanol–water partition coefficient (Wildman–Crippen LogP) is 0.405. The summed E-state index contributed by atoms with van der Waals surface area (Å²) in [5, 5.41) is 20.5. The lowest BCUT2D eigenvalue weighted by atomic mass is 9.77. The molecule has 1 saturated carbocycles. The van der Waals surface area contributed by atoms with Crippen molar-refractivity contribution in [2.75, 3.05) is 13.2 Å². The molecule has 0 heterocycles. The standard InChI is InChI=1S/C8H14N2O/c9-5-2-6-10-8(7-11)3-1-4-8/h10-11H,1-4,6-7H2. The first-order valence-corrected chi connectivity index (χ1v) is 4.06. The number of hydrogen-bond donors (Lipinski definition) is 2. The number of nitrogens with one attached hydrogen (secondary N) is 1. The molecule has 0 aromatic carbocycles. The van der Waals surface area contributed by atoms with Crippen molar-refractivity contribution in [3.63, 3.8) is 0 Å². The van der Waals surface area contributed by atoms with Crippen molar-refractivity contribution in [3.05, 3.63) is 0 Å². The summed E-state index contributed by atoms with van der Waals surface area (Å²) in [4.78, 5) is 0. The molecule has 1 fully saturated rings. The quantitative estimate of drug-likeness (QED) is 0.576. The average molecular weight is 154 g/mol. The Kier molecular flexibility index (Phi) is 2.86. The van der Waals surface area contributed by atoms with Gasteiger partial charge in [0.05, 0.1) is 12.7 Å². The van der Waals surface area contributed by atoms with Gasteiger partial charge >= 0.3 is 0 Å². The van der Waals surface area contributed by atoms with Gasteiger partial charge in [-0.25, -0.2) is 0 Å². The third-order valence-electron chi connectivity index (χ3n) is 2.35. The molecule has 0 aromatic rings. The molecule has 0 aromatic heterocycles. The summed E-state index contributed by atoms with van der Waals surface area (Å²) in [6.07, 6.45) is 3.83. The Morgan fingerprint density at radius 1 is 1.55 bits per heavy atom. The SMILES string of the molecule is N#CCCNC1(CO)CCC1. The van der Waals surface area contributed by atoms with Crippen molar-refractivity contribution < 1.29 is 5.11 Å². The molecular weight excluding hydrogens is 140 g/mol. The molecular formula is C8H14N2O. The van der Waals surface area contributed by atoms with Crippen LogP contribution in [0.25, 0.3) is 0 Å². The molecule has 0 unspecified atom stereocenters. The highest BCUT2D eigenvalue weighted by atomic mass is 16.3. The van der Waals surface area contributed by atoms with Crippen LogP contribution in [0.2, 0.25) is 0 Å². The zero-order chi connectivity index (χ0) is 8.16. The van der Waals surface area contributed by atoms with Crippen LogP contribution in [-0.2, 0) is 0 Å². The zero-order valence-corrected chi connectivity index (χ0v) is 6.64. The van der Waals surface area contributed by atoms with Crippen molar-refractivity contribution in [1.29, 1.82) is 5.26 Å². The van der Waals surface area contributed by atoms with Gasteiger partial charge in [-0.05, 0) is 19.3 Å². The molecule has 0 saturated heterocycles. The fraction of sp³-hybridized carbons (Fsp3) is 0.875. The molecule has 2 N–H and O–H groups in total. The van der Waals surface area contributed by atoms with E-state index in [1.807, 2.05) is 0 Å². The topological polar surface area (TPSA) is 56.0 Å². The van der Waals surface area contributed by atoms with Crippen molar-refractivity contribution >= 4 is 0 Å². The molecule has 0 radical (unpaired) electrons. The Hall–Kier alpha value is -0.590. The first-order valence-electron chi connectivity index (χ1n) is 4.06. The van der Waals surface area contributed by atoms with Gasteiger partial charge in [0.1, 0.15) is 0 Å². The number of aliphatic hydroxyl groups is 1. The summed E-state index contributed by atoms with van der Waals surface area (Å²) in [7, 11) is 0. The Balaban J connectivity index is 2.17. The van der Waals surface area contributed by atoms with E-state index in [1.54, 1.807) is 0 Å². The third-order valence-corrected chi connectivity index (χ3v) is 2.35. The Morgan fingerprint density at radius 2 is 2.27 bits per heavy atom. The minimum absolute atomic E-state index is 0.0309. The van der Waals surface area contributed by atoms with Gasteiger partial charge in [0.15, 0.2) is 0 Å². The maximum atomic E-state index is 8.99. The van der Waals surface area contributed by atoms with Crippen LogP contribution in [0.4, 0.5) is 0 Å². The van der Waals surface area contributed by atoms with Crippen LogP contribution in [0.15, 0.2) is 0 Å². The first kappa shape index (κ1) is 8.51. The van der Waals surface area contributed by atoms with Crippen molar-refractivity contribution in [1.82, 2.24) is 5.32 Å². The summed E-state index contributed by atoms with van der Waals surface area (Å²) < 4.78 is 0. The number of hydrogen-bond acceptors (Lipinski definition) is 3. The lowest BCUT2D eigenvalue weighted by Gasteiger charge is -2.41. The predicted molar refractivity (Wildman–Crippen MR) is 41.9 cm³/mol. The van der Waals surface area contributed by atoms with E-state index in [4.69, 9.17) is 10.4 Å². The second kappa shape index (κ2) is 3.70. The van der Waals surface area contributed by atoms with E-state index in [-0.39, 0.29) is 12.1 Å². The lowest BCUT2D eigenvalue weighted by Crippen LogP contribution is -2.54. The van der Waals surface area contributed by atoms with Gasteiger partial charge in [0.2, 0.25) is 0 Å². The zero-order valence-electron chi connectivity index (χ0n) is 6.64. The summed E-state index contributed by atoms with van der Waals surface area (Å²) in [5.41, 5.74) is -0.0309. The van der Waals surface area contributed by atoms with E-state index in [2.05, 4.69) is 11.4 Å². The fourth-order valence-corrected chi connectivity index (χ4v) is 1.38. The molecule has 3 heteroatoms. The van der Waals surface area contributed by atoms with Gasteiger partial charge in [0.25, 0.3) is 0 Å². The first-order chi connectivity index (χ1) is 5.33. The normalized spacial score (nSPS) is 20.4. The van der Waals surface area contributed by atoms with Crippen molar-refractivity contribution in [3.8, 4) is 6.07 Å². The van der Waals surface area contributed by atoms with Crippen LogP contribution in [-0.4, -0.2) is 23.8 Å². The summed E-state index contributed by atoms with van der Waals surface area (Å²) >= 11 is 0. The lowest BCUT2D eigenvalue weighted by molar-refractivity contribution is 0.0898. The Morgan fingerprint density at radius 3 is 2.64 bits per heavy atom. The van der Waals surface area contributed by atoms with Crippen LogP contribution < -0.4 is 5.32 Å². The van der Waals surface area contributed by atoms with Gasteiger partial charge in [-0.2, -0.15) is 5.26 Å². The highest BCUT2D eigenvalue weighted by Crippen LogP contribution is 2.30. The minimum Gasteiger partial charge on any atom is -0.394 e. The molecule has 1 aliphatic carbocycles. The van der Waals surface area contributed by atoms with Crippen LogP contribution in [0.1, 0.15) is 25.7 Å². The van der Waals surface area contributed by atoms with E-state index < -0.39 is 0 Å². The average Bonchev–Trinajstić information content (AvgIpc) is 1.95. The number of nitrogens with zero attached hydrogens (tertiary/aromatic N) is 1. The molecule has 62 valence electrons. The number of aliphatic hydroxyl groups excluding tert-OH is 1. The van der Waals surface area contributed by atoms with Gasteiger partial charge < -0.3 is 10.4 Å². The van der Waals surface area contributed by atoms with Crippen molar-refractivity contribution in [2.24, 2.45) is 0 Å². The van der Waals surface area contributed by atoms with Crippen LogP contribution in [0.5, 0.6) is 0 Å². The highest BCUT2D eigenvalue weighted by Gasteiger charge is 2.35. The second-order valence-corrected chi connectivity index (χ2v) is 3.13. The van der Waals surface area contributed by atoms with Gasteiger partial charge in [0, 0.05) is 18.5 Å². The number of rotatable bonds is 4. The van der Waals surface area contributed by atoms with Crippen LogP contribution in [0, 0.1) is 11.3 Å². The van der Waals surface area contributed by atoms with E-state index in [0.717, 1.165) is 12.8 Å². The maximum absolute atomic E-state index is 8.99. The highest BCUT2D eigenvalue weighted by molar-refractivity contribution is 4.95. The maximum Gasteiger partial charge on any atom is 0.0635 e.